The number of carbonyl (C=O) groups is 2. The monoisotopic (exact) mass is 447 g/mol. The molecule has 0 saturated carbocycles. The van der Waals surface area contributed by atoms with Crippen LogP contribution in [0.5, 0.6) is 0 Å². The van der Waals surface area contributed by atoms with Gasteiger partial charge in [0.25, 0.3) is 5.91 Å². The van der Waals surface area contributed by atoms with E-state index in [1.165, 1.54) is 0 Å². The first-order valence-electron chi connectivity index (χ1n) is 9.79. The minimum atomic E-state index is -4.48. The van der Waals surface area contributed by atoms with Crippen molar-refractivity contribution in [2.75, 3.05) is 25.0 Å². The van der Waals surface area contributed by atoms with Crippen LogP contribution in [-0.2, 0) is 17.5 Å². The first-order valence-corrected chi connectivity index (χ1v) is 9.79. The summed E-state index contributed by atoms with van der Waals surface area (Å²) < 4.78 is 39.5. The molecule has 9 nitrogen and oxygen atoms in total. The van der Waals surface area contributed by atoms with E-state index in [0.717, 1.165) is 17.8 Å². The van der Waals surface area contributed by atoms with Crippen LogP contribution in [0.2, 0.25) is 0 Å². The number of halogens is 3. The fourth-order valence-corrected chi connectivity index (χ4v) is 3.49. The van der Waals surface area contributed by atoms with Gasteiger partial charge in [0.05, 0.1) is 17.2 Å². The van der Waals surface area contributed by atoms with Crippen molar-refractivity contribution in [2.24, 2.45) is 5.73 Å². The molecule has 0 spiro atoms. The number of hydrogen-bond acceptors (Lipinski definition) is 6. The maximum Gasteiger partial charge on any atom is 0.419 e. The van der Waals surface area contributed by atoms with Gasteiger partial charge in [0.1, 0.15) is 5.52 Å². The van der Waals surface area contributed by atoms with Crippen molar-refractivity contribution in [1.29, 1.82) is 0 Å². The second-order valence-corrected chi connectivity index (χ2v) is 7.58. The molecule has 168 valence electrons. The highest BCUT2D eigenvalue weighted by atomic mass is 19.4. The number of nitrogens with two attached hydrogens (primary N) is 1. The Balaban J connectivity index is 1.31. The zero-order chi connectivity index (χ0) is 23.0. The molecule has 4 rings (SSSR count). The van der Waals surface area contributed by atoms with Gasteiger partial charge in [-0.3, -0.25) is 14.3 Å². The normalized spacial score (nSPS) is 14.4. The molecule has 3 heterocycles. The van der Waals surface area contributed by atoms with Crippen LogP contribution in [0.25, 0.3) is 10.9 Å². The van der Waals surface area contributed by atoms with E-state index in [1.54, 1.807) is 39.9 Å². The Morgan fingerprint density at radius 1 is 1.22 bits per heavy atom. The highest BCUT2D eigenvalue weighted by Crippen LogP contribution is 2.29. The van der Waals surface area contributed by atoms with Crippen molar-refractivity contribution in [3.8, 4) is 0 Å². The lowest BCUT2D eigenvalue weighted by molar-refractivity contribution is -0.138. The number of alkyl halides is 3. The molecule has 3 aromatic rings. The average molecular weight is 447 g/mol. The summed E-state index contributed by atoms with van der Waals surface area (Å²) in [5.41, 5.74) is 5.29. The first kappa shape index (κ1) is 21.5. The number of anilines is 1. The molecule has 2 N–H and O–H groups in total. The maximum atomic E-state index is 12.6. The number of aryl methyl sites for hydroxylation is 1. The predicted molar refractivity (Wildman–Crippen MR) is 109 cm³/mol. The van der Waals surface area contributed by atoms with Crippen molar-refractivity contribution in [3.05, 3.63) is 47.9 Å². The summed E-state index contributed by atoms with van der Waals surface area (Å²) in [6, 6.07) is 5.04. The van der Waals surface area contributed by atoms with E-state index in [4.69, 9.17) is 5.73 Å². The van der Waals surface area contributed by atoms with Gasteiger partial charge in [0.15, 0.2) is 0 Å². The van der Waals surface area contributed by atoms with Gasteiger partial charge >= 0.3 is 6.18 Å². The number of benzene rings is 1. The zero-order valence-corrected chi connectivity index (χ0v) is 17.1. The van der Waals surface area contributed by atoms with Crippen LogP contribution in [0, 0.1) is 0 Å². The molecular formula is C20H20F3N7O2. The second-order valence-electron chi connectivity index (χ2n) is 7.58. The highest BCUT2D eigenvalue weighted by molar-refractivity contribution is 6.04. The minimum Gasteiger partial charge on any atom is -0.366 e. The van der Waals surface area contributed by atoms with Gasteiger partial charge in [-0.15, -0.1) is 0 Å². The number of amides is 2. The molecule has 0 aliphatic carbocycles. The topological polar surface area (TPSA) is 110 Å². The fourth-order valence-electron chi connectivity index (χ4n) is 3.49. The van der Waals surface area contributed by atoms with Gasteiger partial charge in [0, 0.05) is 57.1 Å². The number of rotatable bonds is 6. The third kappa shape index (κ3) is 4.20. The Morgan fingerprint density at radius 3 is 2.53 bits per heavy atom. The Labute approximate surface area is 180 Å². The van der Waals surface area contributed by atoms with Gasteiger partial charge in [-0.25, -0.2) is 9.97 Å². The predicted octanol–water partition coefficient (Wildman–Crippen LogP) is 1.68. The lowest BCUT2D eigenvalue weighted by atomic mass is 10.1. The van der Waals surface area contributed by atoms with E-state index in [1.807, 2.05) is 6.07 Å². The van der Waals surface area contributed by atoms with Crippen LogP contribution in [0.3, 0.4) is 0 Å². The van der Waals surface area contributed by atoms with Crippen LogP contribution >= 0.6 is 0 Å². The lowest BCUT2D eigenvalue weighted by Crippen LogP contribution is -2.60. The highest BCUT2D eigenvalue weighted by Gasteiger charge is 2.35. The molecule has 0 radical (unpaired) electrons. The summed E-state index contributed by atoms with van der Waals surface area (Å²) in [6.07, 6.45) is -1.03. The standard InChI is InChI=1S/C20H20F3N7O2/c1-28(14-10-29(11-14)19-25-7-13(8-26-19)20(21,22)23)16(31)5-6-30-9-12-3-2-4-15(18(24)32)17(12)27-30/h2-4,7-9,14H,5-6,10-11H2,1H3,(H2,24,32). The Morgan fingerprint density at radius 2 is 1.91 bits per heavy atom. The molecule has 1 aliphatic rings. The number of fused-ring (bicyclic) bond motifs is 1. The Bertz CT molecular complexity index is 1150. The number of nitrogens with zero attached hydrogens (tertiary/aromatic N) is 6. The van der Waals surface area contributed by atoms with Crippen LogP contribution in [0.15, 0.2) is 36.8 Å². The first-order chi connectivity index (χ1) is 15.1. The summed E-state index contributed by atoms with van der Waals surface area (Å²) in [5, 5.41) is 5.12. The molecule has 0 atom stereocenters. The molecule has 1 aromatic carbocycles. The summed E-state index contributed by atoms with van der Waals surface area (Å²) in [7, 11) is 1.68. The second kappa shape index (κ2) is 8.09. The van der Waals surface area contributed by atoms with E-state index >= 15 is 0 Å². The van der Waals surface area contributed by atoms with Gasteiger partial charge in [-0.1, -0.05) is 12.1 Å². The van der Waals surface area contributed by atoms with Crippen molar-refractivity contribution in [2.45, 2.75) is 25.2 Å². The molecule has 1 saturated heterocycles. The van der Waals surface area contributed by atoms with E-state index in [-0.39, 0.29) is 24.3 Å². The van der Waals surface area contributed by atoms with E-state index < -0.39 is 17.6 Å². The SMILES string of the molecule is CN(C(=O)CCn1cc2cccc(C(N)=O)c2n1)C1CN(c2ncc(C(F)(F)F)cn2)C1. The molecule has 1 aliphatic heterocycles. The molecule has 32 heavy (non-hydrogen) atoms. The average Bonchev–Trinajstić information content (AvgIpc) is 3.13. The summed E-state index contributed by atoms with van der Waals surface area (Å²) >= 11 is 0. The Hall–Kier alpha value is -3.70. The van der Waals surface area contributed by atoms with Crippen molar-refractivity contribution < 1.29 is 22.8 Å². The number of carbonyl (C=O) groups excluding carboxylic acids is 2. The fraction of sp³-hybridized carbons (Fsp3) is 0.350. The van der Waals surface area contributed by atoms with Crippen molar-refractivity contribution >= 4 is 28.7 Å². The quantitative estimate of drug-likeness (QED) is 0.616. The van der Waals surface area contributed by atoms with Crippen LogP contribution in [0.1, 0.15) is 22.3 Å². The van der Waals surface area contributed by atoms with Crippen molar-refractivity contribution in [3.63, 3.8) is 0 Å². The minimum absolute atomic E-state index is 0.0912. The Kier molecular flexibility index (Phi) is 5.45. The van der Waals surface area contributed by atoms with E-state index in [0.29, 0.717) is 30.7 Å². The van der Waals surface area contributed by atoms with Crippen LogP contribution in [0.4, 0.5) is 19.1 Å². The van der Waals surface area contributed by atoms with E-state index in [2.05, 4.69) is 15.1 Å². The van der Waals surface area contributed by atoms with Gasteiger partial charge in [0.2, 0.25) is 11.9 Å². The smallest absolute Gasteiger partial charge is 0.366 e. The zero-order valence-electron chi connectivity index (χ0n) is 17.1. The summed E-state index contributed by atoms with van der Waals surface area (Å²) in [6.45, 7) is 1.19. The molecule has 2 amide bonds. The number of likely N-dealkylation sites (N-methyl/N-ethyl adjacent to an activating group) is 1. The molecular weight excluding hydrogens is 427 g/mol. The molecule has 1 fully saturated rings. The lowest BCUT2D eigenvalue weighted by Gasteiger charge is -2.43. The van der Waals surface area contributed by atoms with Gasteiger partial charge in [-0.05, 0) is 6.07 Å². The van der Waals surface area contributed by atoms with E-state index in [9.17, 15) is 22.8 Å². The summed E-state index contributed by atoms with van der Waals surface area (Å²) in [5.74, 6) is -0.468. The van der Waals surface area contributed by atoms with Gasteiger partial charge in [-0.2, -0.15) is 18.3 Å². The van der Waals surface area contributed by atoms with Crippen LogP contribution < -0.4 is 10.6 Å². The largest absolute Gasteiger partial charge is 0.419 e. The molecule has 0 unspecified atom stereocenters. The number of primary amides is 1. The molecule has 0 bridgehead atoms. The third-order valence-corrected chi connectivity index (χ3v) is 5.46. The van der Waals surface area contributed by atoms with Crippen molar-refractivity contribution in [1.82, 2.24) is 24.6 Å². The summed E-state index contributed by atoms with van der Waals surface area (Å²) in [4.78, 5) is 35.0. The molecule has 2 aromatic heterocycles. The third-order valence-electron chi connectivity index (χ3n) is 5.46. The maximum absolute atomic E-state index is 12.6. The van der Waals surface area contributed by atoms with Gasteiger partial charge < -0.3 is 15.5 Å². The molecule has 12 heteroatoms. The number of hydrogen-bond donors (Lipinski definition) is 1. The van der Waals surface area contributed by atoms with Crippen LogP contribution in [-0.4, -0.2) is 62.6 Å². The number of aromatic nitrogens is 4.